The van der Waals surface area contributed by atoms with Crippen LogP contribution in [0.3, 0.4) is 0 Å². The number of esters is 1. The number of allylic oxidation sites excluding steroid dienone is 3. The van der Waals surface area contributed by atoms with Crippen molar-refractivity contribution < 1.29 is 19.7 Å². The summed E-state index contributed by atoms with van der Waals surface area (Å²) in [6.07, 6.45) is 4.79. The van der Waals surface area contributed by atoms with Crippen molar-refractivity contribution in [3.63, 3.8) is 0 Å². The van der Waals surface area contributed by atoms with Gasteiger partial charge in [-0.2, -0.15) is 0 Å². The number of aliphatic hydroxyl groups excluding tert-OH is 1. The number of aromatic hydroxyl groups is 1. The zero-order valence-electron chi connectivity index (χ0n) is 16.2. The van der Waals surface area contributed by atoms with Crippen LogP contribution in [0.25, 0.3) is 28.3 Å². The van der Waals surface area contributed by atoms with Crippen molar-refractivity contribution in [3.8, 4) is 28.5 Å². The number of para-hydroxylation sites is 1. The summed E-state index contributed by atoms with van der Waals surface area (Å²) in [5.74, 6) is 0.363. The average Bonchev–Trinajstić information content (AvgIpc) is 2.79. The number of methoxy groups -OCH3 is 1. The Hall–Kier alpha value is -4.00. The number of benzene rings is 2. The van der Waals surface area contributed by atoms with Gasteiger partial charge in [0.15, 0.2) is 17.5 Å². The van der Waals surface area contributed by atoms with Crippen molar-refractivity contribution in [1.82, 2.24) is 15.0 Å². The van der Waals surface area contributed by atoms with Crippen LogP contribution in [0.15, 0.2) is 66.4 Å². The molecule has 30 heavy (non-hydrogen) atoms. The number of ether oxygens (including phenoxy) is 1. The Bertz CT molecular complexity index is 1180. The van der Waals surface area contributed by atoms with Gasteiger partial charge in [0.25, 0.3) is 0 Å². The molecule has 0 saturated heterocycles. The Kier molecular flexibility index (Phi) is 5.26. The molecule has 0 fully saturated rings. The van der Waals surface area contributed by atoms with E-state index in [-0.39, 0.29) is 23.2 Å². The summed E-state index contributed by atoms with van der Waals surface area (Å²) in [4.78, 5) is 25.8. The van der Waals surface area contributed by atoms with E-state index in [0.717, 1.165) is 6.42 Å². The fourth-order valence-electron chi connectivity index (χ4n) is 3.26. The van der Waals surface area contributed by atoms with Crippen LogP contribution in [0.5, 0.6) is 5.75 Å². The molecule has 2 aromatic carbocycles. The summed E-state index contributed by atoms with van der Waals surface area (Å²) in [7, 11) is 1.31. The summed E-state index contributed by atoms with van der Waals surface area (Å²) >= 11 is 0. The normalized spacial score (nSPS) is 13.4. The molecule has 0 saturated carbocycles. The number of phenols is 1. The number of phenolic OH excluding ortho intramolecular Hbond substituents is 1. The first-order chi connectivity index (χ1) is 14.6. The minimum Gasteiger partial charge on any atom is -0.508 e. The first kappa shape index (κ1) is 19.3. The van der Waals surface area contributed by atoms with Gasteiger partial charge in [-0.3, -0.25) is 0 Å². The first-order valence-corrected chi connectivity index (χ1v) is 9.39. The molecule has 1 aliphatic rings. The number of carbonyl (C=O) groups is 1. The Morgan fingerprint density at radius 2 is 1.53 bits per heavy atom. The fourth-order valence-corrected chi connectivity index (χ4v) is 3.26. The van der Waals surface area contributed by atoms with Gasteiger partial charge in [-0.1, -0.05) is 36.4 Å². The summed E-state index contributed by atoms with van der Waals surface area (Å²) in [6.45, 7) is 0. The topological polar surface area (TPSA) is 105 Å². The SMILES string of the molecule is COC(=O)c1ccccc1-c1nc(C2=C(O)C=CCC2)nc(-c2ccccc2O)n1. The monoisotopic (exact) mass is 401 g/mol. The Morgan fingerprint density at radius 1 is 0.900 bits per heavy atom. The highest BCUT2D eigenvalue weighted by Crippen LogP contribution is 2.32. The molecule has 0 unspecified atom stereocenters. The van der Waals surface area contributed by atoms with Crippen molar-refractivity contribution in [3.05, 3.63) is 77.8 Å². The van der Waals surface area contributed by atoms with Gasteiger partial charge in [-0.25, -0.2) is 19.7 Å². The van der Waals surface area contributed by atoms with Crippen LogP contribution in [0.1, 0.15) is 29.0 Å². The quantitative estimate of drug-likeness (QED) is 0.627. The summed E-state index contributed by atoms with van der Waals surface area (Å²) in [6, 6.07) is 13.5. The number of carbonyl (C=O) groups excluding carboxylic acids is 1. The Labute approximate surface area is 173 Å². The van der Waals surface area contributed by atoms with Crippen molar-refractivity contribution in [1.29, 1.82) is 0 Å². The highest BCUT2D eigenvalue weighted by atomic mass is 16.5. The second-order valence-corrected chi connectivity index (χ2v) is 6.67. The van der Waals surface area contributed by atoms with Crippen LogP contribution in [0.4, 0.5) is 0 Å². The molecule has 1 aliphatic carbocycles. The van der Waals surface area contributed by atoms with Crippen LogP contribution in [0.2, 0.25) is 0 Å². The zero-order chi connectivity index (χ0) is 21.1. The van der Waals surface area contributed by atoms with Crippen LogP contribution >= 0.6 is 0 Å². The lowest BCUT2D eigenvalue weighted by Crippen LogP contribution is -2.08. The molecular formula is C23H19N3O4. The molecule has 0 bridgehead atoms. The van der Waals surface area contributed by atoms with Crippen molar-refractivity contribution in [2.45, 2.75) is 12.8 Å². The van der Waals surface area contributed by atoms with Gasteiger partial charge in [-0.15, -0.1) is 0 Å². The third-order valence-electron chi connectivity index (χ3n) is 4.77. The second-order valence-electron chi connectivity index (χ2n) is 6.67. The van der Waals surface area contributed by atoms with Crippen LogP contribution in [-0.2, 0) is 4.74 Å². The zero-order valence-corrected chi connectivity index (χ0v) is 16.2. The summed E-state index contributed by atoms with van der Waals surface area (Å²) < 4.78 is 4.89. The Morgan fingerprint density at radius 3 is 2.23 bits per heavy atom. The maximum Gasteiger partial charge on any atom is 0.338 e. The van der Waals surface area contributed by atoms with Crippen molar-refractivity contribution in [2.24, 2.45) is 0 Å². The van der Waals surface area contributed by atoms with E-state index in [0.29, 0.717) is 34.5 Å². The van der Waals surface area contributed by atoms with Crippen LogP contribution < -0.4 is 0 Å². The molecule has 7 nitrogen and oxygen atoms in total. The lowest BCUT2D eigenvalue weighted by Gasteiger charge is -2.14. The largest absolute Gasteiger partial charge is 0.508 e. The highest BCUT2D eigenvalue weighted by Gasteiger charge is 2.21. The number of rotatable bonds is 4. The van der Waals surface area contributed by atoms with E-state index in [4.69, 9.17) is 4.74 Å². The molecule has 4 rings (SSSR count). The number of nitrogens with zero attached hydrogens (tertiary/aromatic N) is 3. The van der Waals surface area contributed by atoms with Gasteiger partial charge in [0.2, 0.25) is 0 Å². The highest BCUT2D eigenvalue weighted by molar-refractivity contribution is 5.96. The number of aliphatic hydroxyl groups is 1. The standard InChI is InChI=1S/C23H19N3O4/c1-30-23(29)15-9-3-2-8-14(15)20-24-21(16-10-4-6-12-18(16)27)26-22(25-20)17-11-5-7-13-19(17)28/h2-4,6-10,12-13,27-28H,5,11H2,1H3. The van der Waals surface area contributed by atoms with E-state index in [1.165, 1.54) is 7.11 Å². The molecule has 1 heterocycles. The maximum absolute atomic E-state index is 12.3. The summed E-state index contributed by atoms with van der Waals surface area (Å²) in [5, 5.41) is 20.7. The molecule has 7 heteroatoms. The van der Waals surface area contributed by atoms with E-state index in [9.17, 15) is 15.0 Å². The third kappa shape index (κ3) is 3.65. The second kappa shape index (κ2) is 8.16. The average molecular weight is 401 g/mol. The summed E-state index contributed by atoms with van der Waals surface area (Å²) in [5.41, 5.74) is 1.77. The van der Waals surface area contributed by atoms with Gasteiger partial charge in [0.1, 0.15) is 11.5 Å². The van der Waals surface area contributed by atoms with Gasteiger partial charge >= 0.3 is 5.97 Å². The molecular weight excluding hydrogens is 382 g/mol. The molecule has 2 N–H and O–H groups in total. The molecule has 0 radical (unpaired) electrons. The van der Waals surface area contributed by atoms with Gasteiger partial charge in [0, 0.05) is 11.1 Å². The molecule has 0 aliphatic heterocycles. The van der Waals surface area contributed by atoms with E-state index < -0.39 is 5.97 Å². The van der Waals surface area contributed by atoms with E-state index in [1.807, 2.05) is 6.08 Å². The predicted molar refractivity (Wildman–Crippen MR) is 112 cm³/mol. The minimum absolute atomic E-state index is 0.0172. The van der Waals surface area contributed by atoms with Gasteiger partial charge in [-0.05, 0) is 37.1 Å². The molecule has 1 aromatic heterocycles. The lowest BCUT2D eigenvalue weighted by molar-refractivity contribution is 0.0601. The molecule has 0 amide bonds. The van der Waals surface area contributed by atoms with E-state index in [1.54, 1.807) is 54.6 Å². The molecule has 0 spiro atoms. The smallest absolute Gasteiger partial charge is 0.338 e. The van der Waals surface area contributed by atoms with Gasteiger partial charge < -0.3 is 14.9 Å². The van der Waals surface area contributed by atoms with Gasteiger partial charge in [0.05, 0.1) is 18.2 Å². The molecule has 0 atom stereocenters. The van der Waals surface area contributed by atoms with Crippen molar-refractivity contribution >= 4 is 11.5 Å². The Balaban J connectivity index is 1.97. The maximum atomic E-state index is 12.3. The van der Waals surface area contributed by atoms with Crippen molar-refractivity contribution in [2.75, 3.05) is 7.11 Å². The minimum atomic E-state index is -0.515. The van der Waals surface area contributed by atoms with Crippen LogP contribution in [0, 0.1) is 0 Å². The van der Waals surface area contributed by atoms with E-state index in [2.05, 4.69) is 15.0 Å². The predicted octanol–water partition coefficient (Wildman–Crippen LogP) is 4.32. The fraction of sp³-hybridized carbons (Fsp3) is 0.130. The number of hydrogen-bond donors (Lipinski definition) is 2. The van der Waals surface area contributed by atoms with E-state index >= 15 is 0 Å². The number of hydrogen-bond acceptors (Lipinski definition) is 7. The first-order valence-electron chi connectivity index (χ1n) is 9.39. The molecule has 3 aromatic rings. The number of aromatic nitrogens is 3. The third-order valence-corrected chi connectivity index (χ3v) is 4.77. The van der Waals surface area contributed by atoms with Crippen LogP contribution in [-0.4, -0.2) is 38.2 Å². The lowest BCUT2D eigenvalue weighted by atomic mass is 10.0. The molecule has 150 valence electrons.